The SMILES string of the molecule is CCCNC(Cc1ccc(CC)cn1)C1(C)CCCO1. The van der Waals surface area contributed by atoms with Crippen LogP contribution in [-0.2, 0) is 17.6 Å². The zero-order chi connectivity index (χ0) is 14.4. The first-order chi connectivity index (χ1) is 9.68. The molecule has 1 aromatic heterocycles. The van der Waals surface area contributed by atoms with E-state index in [0.29, 0.717) is 6.04 Å². The fraction of sp³-hybridized carbons (Fsp3) is 0.706. The summed E-state index contributed by atoms with van der Waals surface area (Å²) in [6.45, 7) is 8.54. The maximum atomic E-state index is 6.03. The monoisotopic (exact) mass is 276 g/mol. The van der Waals surface area contributed by atoms with Crippen molar-refractivity contribution in [1.82, 2.24) is 10.3 Å². The fourth-order valence-electron chi connectivity index (χ4n) is 2.89. The largest absolute Gasteiger partial charge is 0.374 e. The van der Waals surface area contributed by atoms with Crippen LogP contribution in [0.5, 0.6) is 0 Å². The van der Waals surface area contributed by atoms with E-state index in [2.05, 4.69) is 43.2 Å². The molecule has 0 radical (unpaired) electrons. The van der Waals surface area contributed by atoms with E-state index in [-0.39, 0.29) is 5.60 Å². The van der Waals surface area contributed by atoms with Crippen LogP contribution in [0.15, 0.2) is 18.3 Å². The summed E-state index contributed by atoms with van der Waals surface area (Å²) in [4.78, 5) is 4.60. The van der Waals surface area contributed by atoms with Gasteiger partial charge in [-0.05, 0) is 50.8 Å². The maximum Gasteiger partial charge on any atom is 0.0811 e. The molecule has 1 saturated heterocycles. The number of aryl methyl sites for hydroxylation is 1. The molecule has 3 nitrogen and oxygen atoms in total. The Morgan fingerprint density at radius 1 is 1.40 bits per heavy atom. The summed E-state index contributed by atoms with van der Waals surface area (Å²) in [6.07, 6.45) is 7.45. The van der Waals surface area contributed by atoms with Gasteiger partial charge in [0.15, 0.2) is 0 Å². The third-order valence-corrected chi connectivity index (χ3v) is 4.33. The van der Waals surface area contributed by atoms with Gasteiger partial charge < -0.3 is 10.1 Å². The molecular weight excluding hydrogens is 248 g/mol. The predicted molar refractivity (Wildman–Crippen MR) is 83.0 cm³/mol. The number of nitrogens with one attached hydrogen (secondary N) is 1. The highest BCUT2D eigenvalue weighted by molar-refractivity contribution is 5.15. The van der Waals surface area contributed by atoms with Gasteiger partial charge >= 0.3 is 0 Å². The Kier molecular flexibility index (Phi) is 5.55. The first-order valence-electron chi connectivity index (χ1n) is 7.99. The molecule has 1 N–H and O–H groups in total. The molecule has 112 valence electrons. The second-order valence-electron chi connectivity index (χ2n) is 5.99. The van der Waals surface area contributed by atoms with Gasteiger partial charge in [-0.2, -0.15) is 0 Å². The maximum absolute atomic E-state index is 6.03. The molecule has 1 aromatic rings. The Bertz CT molecular complexity index is 396. The number of rotatable bonds is 7. The van der Waals surface area contributed by atoms with E-state index in [0.717, 1.165) is 44.5 Å². The lowest BCUT2D eigenvalue weighted by Gasteiger charge is -2.34. The number of aromatic nitrogens is 1. The van der Waals surface area contributed by atoms with Gasteiger partial charge in [0.1, 0.15) is 0 Å². The molecule has 0 aromatic carbocycles. The molecule has 1 aliphatic rings. The predicted octanol–water partition coefficient (Wildman–Crippen LogP) is 3.12. The second-order valence-corrected chi connectivity index (χ2v) is 5.99. The molecule has 20 heavy (non-hydrogen) atoms. The van der Waals surface area contributed by atoms with Gasteiger partial charge in [0.2, 0.25) is 0 Å². The van der Waals surface area contributed by atoms with E-state index < -0.39 is 0 Å². The summed E-state index contributed by atoms with van der Waals surface area (Å²) in [5.41, 5.74) is 2.42. The quantitative estimate of drug-likeness (QED) is 0.831. The lowest BCUT2D eigenvalue weighted by Crippen LogP contribution is -2.50. The lowest BCUT2D eigenvalue weighted by molar-refractivity contribution is -0.0116. The fourth-order valence-corrected chi connectivity index (χ4v) is 2.89. The molecule has 0 spiro atoms. The topological polar surface area (TPSA) is 34.2 Å². The third kappa shape index (κ3) is 3.80. The average Bonchev–Trinajstić information content (AvgIpc) is 2.92. The van der Waals surface area contributed by atoms with Crippen LogP contribution in [0.3, 0.4) is 0 Å². The van der Waals surface area contributed by atoms with Crippen molar-refractivity contribution in [3.63, 3.8) is 0 Å². The molecule has 0 saturated carbocycles. The van der Waals surface area contributed by atoms with Crippen LogP contribution in [-0.4, -0.2) is 29.8 Å². The summed E-state index contributed by atoms with van der Waals surface area (Å²) in [6, 6.07) is 4.71. The Balaban J connectivity index is 2.05. The zero-order valence-electron chi connectivity index (χ0n) is 13.1. The van der Waals surface area contributed by atoms with E-state index in [1.54, 1.807) is 0 Å². The average molecular weight is 276 g/mol. The van der Waals surface area contributed by atoms with E-state index in [1.165, 1.54) is 12.0 Å². The van der Waals surface area contributed by atoms with Crippen LogP contribution in [0.2, 0.25) is 0 Å². The summed E-state index contributed by atoms with van der Waals surface area (Å²) >= 11 is 0. The van der Waals surface area contributed by atoms with Gasteiger partial charge in [0.25, 0.3) is 0 Å². The Morgan fingerprint density at radius 2 is 2.25 bits per heavy atom. The van der Waals surface area contributed by atoms with E-state index in [9.17, 15) is 0 Å². The summed E-state index contributed by atoms with van der Waals surface area (Å²) in [5, 5.41) is 3.66. The van der Waals surface area contributed by atoms with Crippen LogP contribution in [0.1, 0.15) is 51.3 Å². The smallest absolute Gasteiger partial charge is 0.0811 e. The first kappa shape index (κ1) is 15.5. The van der Waals surface area contributed by atoms with Crippen molar-refractivity contribution in [2.75, 3.05) is 13.2 Å². The Labute approximate surface area is 123 Å². The molecule has 1 aliphatic heterocycles. The standard InChI is InChI=1S/C17H28N2O/c1-4-10-18-16(17(3)9-6-11-20-17)12-15-8-7-14(5-2)13-19-15/h7-8,13,16,18H,4-6,9-12H2,1-3H3. The second kappa shape index (κ2) is 7.19. The molecule has 0 amide bonds. The highest BCUT2D eigenvalue weighted by atomic mass is 16.5. The molecule has 2 unspecified atom stereocenters. The third-order valence-electron chi connectivity index (χ3n) is 4.33. The van der Waals surface area contributed by atoms with Gasteiger partial charge in [-0.25, -0.2) is 0 Å². The van der Waals surface area contributed by atoms with Gasteiger partial charge in [0, 0.05) is 31.0 Å². The first-order valence-corrected chi connectivity index (χ1v) is 7.99. The lowest BCUT2D eigenvalue weighted by atomic mass is 9.89. The van der Waals surface area contributed by atoms with Gasteiger partial charge in [0.05, 0.1) is 5.60 Å². The van der Waals surface area contributed by atoms with Crippen molar-refractivity contribution in [3.8, 4) is 0 Å². The number of pyridine rings is 1. The minimum atomic E-state index is -0.0414. The molecule has 1 fully saturated rings. The van der Waals surface area contributed by atoms with E-state index >= 15 is 0 Å². The van der Waals surface area contributed by atoms with Crippen molar-refractivity contribution in [1.29, 1.82) is 0 Å². The number of ether oxygens (including phenoxy) is 1. The molecule has 2 atom stereocenters. The van der Waals surface area contributed by atoms with Gasteiger partial charge in [-0.15, -0.1) is 0 Å². The normalized spacial score (nSPS) is 23.9. The van der Waals surface area contributed by atoms with Crippen molar-refractivity contribution >= 4 is 0 Å². The zero-order valence-corrected chi connectivity index (χ0v) is 13.1. The summed E-state index contributed by atoms with van der Waals surface area (Å²) < 4.78 is 6.03. The van der Waals surface area contributed by atoms with E-state index in [4.69, 9.17) is 4.74 Å². The molecule has 3 heteroatoms. The van der Waals surface area contributed by atoms with Crippen LogP contribution in [0.25, 0.3) is 0 Å². The number of nitrogens with zero attached hydrogens (tertiary/aromatic N) is 1. The van der Waals surface area contributed by atoms with Crippen molar-refractivity contribution in [3.05, 3.63) is 29.6 Å². The molecule has 2 rings (SSSR count). The van der Waals surface area contributed by atoms with Gasteiger partial charge in [-0.1, -0.05) is 19.9 Å². The highest BCUT2D eigenvalue weighted by Crippen LogP contribution is 2.30. The van der Waals surface area contributed by atoms with Gasteiger partial charge in [-0.3, -0.25) is 4.98 Å². The van der Waals surface area contributed by atoms with Crippen molar-refractivity contribution < 1.29 is 4.74 Å². The van der Waals surface area contributed by atoms with Crippen molar-refractivity contribution in [2.24, 2.45) is 0 Å². The Hall–Kier alpha value is -0.930. The minimum Gasteiger partial charge on any atom is -0.374 e. The molecular formula is C17H28N2O. The number of hydrogen-bond donors (Lipinski definition) is 1. The minimum absolute atomic E-state index is 0.0414. The summed E-state index contributed by atoms with van der Waals surface area (Å²) in [5.74, 6) is 0. The molecule has 0 aliphatic carbocycles. The Morgan fingerprint density at radius 3 is 2.80 bits per heavy atom. The van der Waals surface area contributed by atoms with Crippen LogP contribution in [0, 0.1) is 0 Å². The van der Waals surface area contributed by atoms with E-state index in [1.807, 2.05) is 6.20 Å². The molecule has 0 bridgehead atoms. The van der Waals surface area contributed by atoms with Crippen LogP contribution >= 0.6 is 0 Å². The van der Waals surface area contributed by atoms with Crippen molar-refractivity contribution in [2.45, 2.75) is 64.5 Å². The highest BCUT2D eigenvalue weighted by Gasteiger charge is 2.38. The summed E-state index contributed by atoms with van der Waals surface area (Å²) in [7, 11) is 0. The molecule has 2 heterocycles. The van der Waals surface area contributed by atoms with Crippen LogP contribution < -0.4 is 5.32 Å². The van der Waals surface area contributed by atoms with Crippen LogP contribution in [0.4, 0.5) is 0 Å². The number of hydrogen-bond acceptors (Lipinski definition) is 3.